The number of carbonyl (C=O) groups excluding carboxylic acids is 3. The van der Waals surface area contributed by atoms with Crippen LogP contribution in [0.15, 0.2) is 48.5 Å². The van der Waals surface area contributed by atoms with Crippen molar-refractivity contribution < 1.29 is 19.1 Å². The molecule has 0 aromatic heterocycles. The van der Waals surface area contributed by atoms with Gasteiger partial charge in [0.1, 0.15) is 5.75 Å². The van der Waals surface area contributed by atoms with Crippen molar-refractivity contribution in [2.24, 2.45) is 0 Å². The molecule has 9 heteroatoms. The molecule has 0 bridgehead atoms. The number of anilines is 1. The number of fused-ring (bicyclic) bond motifs is 1. The predicted molar refractivity (Wildman–Crippen MR) is 138 cm³/mol. The van der Waals surface area contributed by atoms with Crippen LogP contribution in [0.5, 0.6) is 5.75 Å². The summed E-state index contributed by atoms with van der Waals surface area (Å²) < 4.78 is 5.16. The number of methoxy groups -OCH3 is 1. The monoisotopic (exact) mass is 493 g/mol. The summed E-state index contributed by atoms with van der Waals surface area (Å²) >= 11 is 0. The van der Waals surface area contributed by atoms with Gasteiger partial charge in [0.25, 0.3) is 5.91 Å². The van der Waals surface area contributed by atoms with Crippen LogP contribution in [-0.2, 0) is 16.1 Å². The third kappa shape index (κ3) is 6.15. The lowest BCUT2D eigenvalue weighted by Gasteiger charge is -2.37. The Kier molecular flexibility index (Phi) is 8.10. The minimum absolute atomic E-state index is 0.0118. The Hall–Kier alpha value is -3.59. The van der Waals surface area contributed by atoms with E-state index in [4.69, 9.17) is 4.74 Å². The highest BCUT2D eigenvalue weighted by Gasteiger charge is 2.43. The zero-order valence-electron chi connectivity index (χ0n) is 21.1. The van der Waals surface area contributed by atoms with Gasteiger partial charge in [-0.3, -0.25) is 19.3 Å². The maximum absolute atomic E-state index is 12.8. The zero-order valence-corrected chi connectivity index (χ0v) is 21.1. The Morgan fingerprint density at radius 3 is 2.50 bits per heavy atom. The first-order valence-electron chi connectivity index (χ1n) is 12.4. The molecular weight excluding hydrogens is 458 g/mol. The highest BCUT2D eigenvalue weighted by Crippen LogP contribution is 2.26. The second-order valence-corrected chi connectivity index (χ2v) is 9.62. The molecule has 0 aliphatic carbocycles. The van der Waals surface area contributed by atoms with Crippen LogP contribution in [0.2, 0.25) is 0 Å². The van der Waals surface area contributed by atoms with Gasteiger partial charge in [0.2, 0.25) is 11.8 Å². The van der Waals surface area contributed by atoms with E-state index in [2.05, 4.69) is 20.9 Å². The molecule has 3 amide bonds. The van der Waals surface area contributed by atoms with Gasteiger partial charge in [-0.2, -0.15) is 0 Å². The SMILES string of the molecule is COc1ccc(CNC(=O)CCC2CNC(=O)C3CC(NC(=O)c4ccc(N(C)C)cc4)CN23)cc1. The Balaban J connectivity index is 1.27. The highest BCUT2D eigenvalue weighted by atomic mass is 16.5. The maximum Gasteiger partial charge on any atom is 0.251 e. The molecule has 3 N–H and O–H groups in total. The number of piperazine rings is 1. The van der Waals surface area contributed by atoms with Crippen LogP contribution in [0.3, 0.4) is 0 Å². The molecule has 0 spiro atoms. The molecule has 2 fully saturated rings. The fourth-order valence-corrected chi connectivity index (χ4v) is 4.86. The number of hydrogen-bond donors (Lipinski definition) is 3. The topological polar surface area (TPSA) is 103 Å². The average Bonchev–Trinajstić information content (AvgIpc) is 3.32. The molecule has 3 unspecified atom stereocenters. The minimum Gasteiger partial charge on any atom is -0.497 e. The van der Waals surface area contributed by atoms with Crippen molar-refractivity contribution in [2.75, 3.05) is 39.2 Å². The highest BCUT2D eigenvalue weighted by molar-refractivity contribution is 5.95. The fraction of sp³-hybridized carbons (Fsp3) is 0.444. The van der Waals surface area contributed by atoms with Crippen molar-refractivity contribution in [1.29, 1.82) is 0 Å². The lowest BCUT2D eigenvalue weighted by atomic mass is 10.0. The van der Waals surface area contributed by atoms with Gasteiger partial charge in [-0.25, -0.2) is 0 Å². The summed E-state index contributed by atoms with van der Waals surface area (Å²) in [6.45, 7) is 1.56. The van der Waals surface area contributed by atoms with E-state index in [9.17, 15) is 14.4 Å². The van der Waals surface area contributed by atoms with Crippen molar-refractivity contribution in [1.82, 2.24) is 20.9 Å². The van der Waals surface area contributed by atoms with Crippen LogP contribution >= 0.6 is 0 Å². The van der Waals surface area contributed by atoms with E-state index in [1.165, 1.54) is 0 Å². The summed E-state index contributed by atoms with van der Waals surface area (Å²) in [6.07, 6.45) is 1.57. The van der Waals surface area contributed by atoms with Gasteiger partial charge in [0, 0.05) is 63.5 Å². The largest absolute Gasteiger partial charge is 0.497 e. The van der Waals surface area contributed by atoms with Gasteiger partial charge in [-0.05, 0) is 54.8 Å². The molecule has 2 aromatic carbocycles. The summed E-state index contributed by atoms with van der Waals surface area (Å²) in [5.74, 6) is 0.605. The number of nitrogens with one attached hydrogen (secondary N) is 3. The lowest BCUT2D eigenvalue weighted by molar-refractivity contribution is -0.129. The quantitative estimate of drug-likeness (QED) is 0.490. The van der Waals surface area contributed by atoms with E-state index in [1.807, 2.05) is 67.5 Å². The number of rotatable bonds is 9. The first-order valence-corrected chi connectivity index (χ1v) is 12.4. The molecule has 3 atom stereocenters. The van der Waals surface area contributed by atoms with E-state index in [-0.39, 0.29) is 35.8 Å². The molecule has 2 aromatic rings. The molecule has 0 radical (unpaired) electrons. The van der Waals surface area contributed by atoms with Crippen LogP contribution in [0, 0.1) is 0 Å². The molecular formula is C27H35N5O4. The van der Waals surface area contributed by atoms with Crippen LogP contribution in [0.1, 0.15) is 35.2 Å². The molecule has 2 aliphatic heterocycles. The van der Waals surface area contributed by atoms with Crippen molar-refractivity contribution >= 4 is 23.4 Å². The number of carbonyl (C=O) groups is 3. The summed E-state index contributed by atoms with van der Waals surface area (Å²) in [6, 6.07) is 14.7. The summed E-state index contributed by atoms with van der Waals surface area (Å²) in [4.78, 5) is 41.9. The molecule has 2 aliphatic rings. The lowest BCUT2D eigenvalue weighted by Crippen LogP contribution is -2.58. The first kappa shape index (κ1) is 25.5. The van der Waals surface area contributed by atoms with E-state index >= 15 is 0 Å². The van der Waals surface area contributed by atoms with Gasteiger partial charge in [-0.15, -0.1) is 0 Å². The number of nitrogens with zero attached hydrogens (tertiary/aromatic N) is 2. The van der Waals surface area contributed by atoms with Gasteiger partial charge in [0.15, 0.2) is 0 Å². The predicted octanol–water partition coefficient (Wildman–Crippen LogP) is 1.53. The fourth-order valence-electron chi connectivity index (χ4n) is 4.86. The van der Waals surface area contributed by atoms with E-state index in [1.54, 1.807) is 7.11 Å². The van der Waals surface area contributed by atoms with E-state index in [0.29, 0.717) is 44.5 Å². The molecule has 4 rings (SSSR count). The van der Waals surface area contributed by atoms with Crippen molar-refractivity contribution in [3.05, 3.63) is 59.7 Å². The molecule has 9 nitrogen and oxygen atoms in total. The Morgan fingerprint density at radius 2 is 1.83 bits per heavy atom. The molecule has 192 valence electrons. The summed E-state index contributed by atoms with van der Waals surface area (Å²) in [7, 11) is 5.53. The standard InChI is InChI=1S/C27H35N5O4/c1-31(2)21-8-6-19(7-9-21)26(34)30-20-14-24-27(35)29-16-22(32(24)17-20)10-13-25(33)28-15-18-4-11-23(36-3)12-5-18/h4-9,11-12,20,22,24H,10,13-17H2,1-3H3,(H,28,33)(H,29,35)(H,30,34). The van der Waals surface area contributed by atoms with Crippen molar-refractivity contribution in [3.8, 4) is 5.75 Å². The normalized spacial score (nSPS) is 21.3. The Labute approximate surface area is 212 Å². The first-order chi connectivity index (χ1) is 17.3. The second-order valence-electron chi connectivity index (χ2n) is 9.62. The smallest absolute Gasteiger partial charge is 0.251 e. The van der Waals surface area contributed by atoms with Gasteiger partial charge in [-0.1, -0.05) is 12.1 Å². The number of hydrogen-bond acceptors (Lipinski definition) is 6. The number of benzene rings is 2. The van der Waals surface area contributed by atoms with Crippen LogP contribution in [0.4, 0.5) is 5.69 Å². The van der Waals surface area contributed by atoms with Crippen LogP contribution in [-0.4, -0.2) is 75.0 Å². The zero-order chi connectivity index (χ0) is 25.7. The molecule has 0 saturated carbocycles. The van der Waals surface area contributed by atoms with Gasteiger partial charge < -0.3 is 25.6 Å². The number of amides is 3. The van der Waals surface area contributed by atoms with Crippen molar-refractivity contribution in [3.63, 3.8) is 0 Å². The molecule has 36 heavy (non-hydrogen) atoms. The van der Waals surface area contributed by atoms with E-state index < -0.39 is 0 Å². The molecule has 2 saturated heterocycles. The Bertz CT molecular complexity index is 1070. The third-order valence-electron chi connectivity index (χ3n) is 6.96. The second kappa shape index (κ2) is 11.4. The summed E-state index contributed by atoms with van der Waals surface area (Å²) in [5.41, 5.74) is 2.63. The summed E-state index contributed by atoms with van der Waals surface area (Å²) in [5, 5.41) is 9.03. The van der Waals surface area contributed by atoms with Crippen molar-refractivity contribution in [2.45, 2.75) is 43.9 Å². The number of ether oxygens (including phenoxy) is 1. The van der Waals surface area contributed by atoms with Gasteiger partial charge >= 0.3 is 0 Å². The van der Waals surface area contributed by atoms with Crippen LogP contribution < -0.4 is 25.6 Å². The van der Waals surface area contributed by atoms with Crippen LogP contribution in [0.25, 0.3) is 0 Å². The minimum atomic E-state index is -0.285. The maximum atomic E-state index is 12.8. The Morgan fingerprint density at radius 1 is 1.11 bits per heavy atom. The molecule has 2 heterocycles. The van der Waals surface area contributed by atoms with E-state index in [0.717, 1.165) is 17.0 Å². The average molecular weight is 494 g/mol. The van der Waals surface area contributed by atoms with Gasteiger partial charge in [0.05, 0.1) is 13.2 Å². The third-order valence-corrected chi connectivity index (χ3v) is 6.96.